The Kier molecular flexibility index (Phi) is 3.02. The Balaban J connectivity index is 3.72. The van der Waals surface area contributed by atoms with Gasteiger partial charge in [-0.3, -0.25) is 4.99 Å². The molecular formula is C5H6BN. The molecule has 0 N–H and O–H groups in total. The average molecular weight is 90.9 g/mol. The third kappa shape index (κ3) is 3.03. The Bertz CT molecular complexity index is 105. The number of hydrogen-bond acceptors (Lipinski definition) is 1. The van der Waals surface area contributed by atoms with Crippen LogP contribution in [0.4, 0.5) is 0 Å². The van der Waals surface area contributed by atoms with Gasteiger partial charge in [-0.05, 0) is 12.3 Å². The van der Waals surface area contributed by atoms with Gasteiger partial charge < -0.3 is 0 Å². The number of hydrogen-bond donors (Lipinski definition) is 0. The van der Waals surface area contributed by atoms with Crippen molar-refractivity contribution in [3.8, 4) is 0 Å². The maximum absolute atomic E-state index is 5.14. The standard InChI is InChI=1S/C5H6BN/c1-3-4-5(6)7-2/h3-4H,1-2H2/b5-4-. The van der Waals surface area contributed by atoms with Crippen LogP contribution in [0, 0.1) is 0 Å². The number of nitrogens with zero attached hydrogens (tertiary/aromatic N) is 1. The fraction of sp³-hybridized carbons (Fsp3) is 0. The van der Waals surface area contributed by atoms with Crippen molar-refractivity contribution >= 4 is 14.6 Å². The summed E-state index contributed by atoms with van der Waals surface area (Å²) < 4.78 is 0. The number of rotatable bonds is 2. The first-order valence-electron chi connectivity index (χ1n) is 1.86. The molecule has 0 atom stereocenters. The smallest absolute Gasteiger partial charge is 0.141 e. The highest BCUT2D eigenvalue weighted by atomic mass is 14.7. The van der Waals surface area contributed by atoms with Crippen molar-refractivity contribution in [2.45, 2.75) is 0 Å². The molecule has 34 valence electrons. The average Bonchev–Trinajstić information content (AvgIpc) is 1.68. The molecule has 0 amide bonds. The predicted octanol–water partition coefficient (Wildman–Crippen LogP) is 0.883. The van der Waals surface area contributed by atoms with Crippen LogP contribution < -0.4 is 0 Å². The van der Waals surface area contributed by atoms with Crippen molar-refractivity contribution in [1.82, 2.24) is 0 Å². The lowest BCUT2D eigenvalue weighted by molar-refractivity contribution is 1.55. The van der Waals surface area contributed by atoms with Gasteiger partial charge in [0.25, 0.3) is 0 Å². The van der Waals surface area contributed by atoms with Gasteiger partial charge in [0.2, 0.25) is 0 Å². The predicted molar refractivity (Wildman–Crippen MR) is 33.6 cm³/mol. The lowest BCUT2D eigenvalue weighted by Gasteiger charge is -1.80. The molecule has 0 spiro atoms. The minimum Gasteiger partial charge on any atom is -0.281 e. The van der Waals surface area contributed by atoms with Gasteiger partial charge in [0.05, 0.1) is 0 Å². The second-order valence-electron chi connectivity index (χ2n) is 0.985. The fourth-order valence-electron chi connectivity index (χ4n) is 0.173. The third-order valence-corrected chi connectivity index (χ3v) is 0.471. The van der Waals surface area contributed by atoms with E-state index in [2.05, 4.69) is 18.3 Å². The molecule has 0 fully saturated rings. The van der Waals surface area contributed by atoms with Crippen LogP contribution in [0.5, 0.6) is 0 Å². The Labute approximate surface area is 44.9 Å². The highest BCUT2D eigenvalue weighted by molar-refractivity contribution is 6.21. The van der Waals surface area contributed by atoms with Gasteiger partial charge >= 0.3 is 0 Å². The summed E-state index contributed by atoms with van der Waals surface area (Å²) in [4.78, 5) is 3.40. The van der Waals surface area contributed by atoms with E-state index in [1.165, 1.54) is 0 Å². The molecule has 0 aromatic heterocycles. The Morgan fingerprint density at radius 1 is 1.71 bits per heavy atom. The monoisotopic (exact) mass is 91.1 g/mol. The van der Waals surface area contributed by atoms with Gasteiger partial charge in [0.15, 0.2) is 0 Å². The van der Waals surface area contributed by atoms with E-state index in [9.17, 15) is 0 Å². The summed E-state index contributed by atoms with van der Waals surface area (Å²) in [5.41, 5.74) is 0.398. The largest absolute Gasteiger partial charge is 0.281 e. The fourth-order valence-corrected chi connectivity index (χ4v) is 0.173. The van der Waals surface area contributed by atoms with Crippen molar-refractivity contribution in [3.63, 3.8) is 0 Å². The van der Waals surface area contributed by atoms with Crippen LogP contribution in [-0.2, 0) is 0 Å². The molecule has 0 aliphatic rings. The maximum atomic E-state index is 5.14. The van der Waals surface area contributed by atoms with E-state index in [1.807, 2.05) is 0 Å². The molecule has 0 rings (SSSR count). The first-order valence-corrected chi connectivity index (χ1v) is 1.86. The van der Waals surface area contributed by atoms with E-state index in [4.69, 9.17) is 7.85 Å². The maximum Gasteiger partial charge on any atom is 0.141 e. The Morgan fingerprint density at radius 2 is 2.29 bits per heavy atom. The van der Waals surface area contributed by atoms with Gasteiger partial charge in [-0.2, -0.15) is 0 Å². The second-order valence-corrected chi connectivity index (χ2v) is 0.985. The summed E-state index contributed by atoms with van der Waals surface area (Å²) in [5.74, 6) is 0. The van der Waals surface area contributed by atoms with Crippen molar-refractivity contribution in [3.05, 3.63) is 24.3 Å². The zero-order valence-electron chi connectivity index (χ0n) is 4.09. The Hall–Kier alpha value is -0.785. The van der Waals surface area contributed by atoms with E-state index < -0.39 is 0 Å². The SMILES string of the molecule is [B]/C(=C/C=C)N=C. The zero-order valence-corrected chi connectivity index (χ0v) is 4.09. The van der Waals surface area contributed by atoms with Crippen LogP contribution in [0.25, 0.3) is 0 Å². The van der Waals surface area contributed by atoms with E-state index in [0.717, 1.165) is 0 Å². The molecular weight excluding hydrogens is 84.9 g/mol. The van der Waals surface area contributed by atoms with Crippen LogP contribution in [-0.4, -0.2) is 14.6 Å². The molecule has 0 bridgehead atoms. The first kappa shape index (κ1) is 6.21. The third-order valence-electron chi connectivity index (χ3n) is 0.471. The molecule has 0 unspecified atom stereocenters. The minimum absolute atomic E-state index is 0.398. The summed E-state index contributed by atoms with van der Waals surface area (Å²) in [7, 11) is 5.14. The molecule has 2 radical (unpaired) electrons. The van der Waals surface area contributed by atoms with E-state index in [1.54, 1.807) is 12.2 Å². The van der Waals surface area contributed by atoms with Gasteiger partial charge in [-0.1, -0.05) is 18.7 Å². The van der Waals surface area contributed by atoms with Crippen LogP contribution in [0.3, 0.4) is 0 Å². The van der Waals surface area contributed by atoms with Crippen molar-refractivity contribution < 1.29 is 0 Å². The summed E-state index contributed by atoms with van der Waals surface area (Å²) in [6.45, 7) is 6.59. The van der Waals surface area contributed by atoms with Crippen LogP contribution >= 0.6 is 0 Å². The normalized spacial score (nSPS) is 10.6. The first-order chi connectivity index (χ1) is 3.31. The van der Waals surface area contributed by atoms with E-state index >= 15 is 0 Å². The van der Waals surface area contributed by atoms with Gasteiger partial charge in [0.1, 0.15) is 7.85 Å². The van der Waals surface area contributed by atoms with Crippen molar-refractivity contribution in [1.29, 1.82) is 0 Å². The van der Waals surface area contributed by atoms with Crippen LogP contribution in [0.2, 0.25) is 0 Å². The summed E-state index contributed by atoms with van der Waals surface area (Å²) in [6.07, 6.45) is 3.14. The summed E-state index contributed by atoms with van der Waals surface area (Å²) >= 11 is 0. The molecule has 0 heterocycles. The molecule has 0 aromatic rings. The molecule has 0 saturated carbocycles. The number of allylic oxidation sites excluding steroid dienone is 2. The van der Waals surface area contributed by atoms with Crippen LogP contribution in [0.15, 0.2) is 29.3 Å². The van der Waals surface area contributed by atoms with Crippen molar-refractivity contribution in [2.75, 3.05) is 0 Å². The second kappa shape index (κ2) is 3.41. The summed E-state index contributed by atoms with van der Waals surface area (Å²) in [6, 6.07) is 0. The van der Waals surface area contributed by atoms with Gasteiger partial charge in [-0.15, -0.1) is 0 Å². The molecule has 0 aliphatic carbocycles. The van der Waals surface area contributed by atoms with E-state index in [0.29, 0.717) is 5.60 Å². The number of aliphatic imine (C=N–C) groups is 1. The molecule has 2 heteroatoms. The quantitative estimate of drug-likeness (QED) is 0.271. The highest BCUT2D eigenvalue weighted by Crippen LogP contribution is 1.84. The van der Waals surface area contributed by atoms with Crippen LogP contribution in [0.1, 0.15) is 0 Å². The molecule has 7 heavy (non-hydrogen) atoms. The lowest BCUT2D eigenvalue weighted by atomic mass is 10.1. The van der Waals surface area contributed by atoms with Crippen molar-refractivity contribution in [2.24, 2.45) is 4.99 Å². The minimum atomic E-state index is 0.398. The molecule has 0 aromatic carbocycles. The zero-order chi connectivity index (χ0) is 5.70. The molecule has 0 saturated heterocycles. The van der Waals surface area contributed by atoms with Gasteiger partial charge in [-0.25, -0.2) is 0 Å². The molecule has 0 aliphatic heterocycles. The highest BCUT2D eigenvalue weighted by Gasteiger charge is 1.70. The van der Waals surface area contributed by atoms with E-state index in [-0.39, 0.29) is 0 Å². The summed E-state index contributed by atoms with van der Waals surface area (Å²) in [5, 5.41) is 0. The lowest BCUT2D eigenvalue weighted by Crippen LogP contribution is -1.69. The van der Waals surface area contributed by atoms with Gasteiger partial charge in [0, 0.05) is 0 Å². The Morgan fingerprint density at radius 3 is 2.43 bits per heavy atom. The molecule has 1 nitrogen and oxygen atoms in total. The topological polar surface area (TPSA) is 12.4 Å².